The third-order valence-electron chi connectivity index (χ3n) is 12.2. The summed E-state index contributed by atoms with van der Waals surface area (Å²) < 4.78 is 31.0. The van der Waals surface area contributed by atoms with Gasteiger partial charge in [-0.2, -0.15) is 15.0 Å². The SMILES string of the molecule is CC[C@H]1OC(=O)[C@H](C)C(=O)[C@H](C)[C@@H](O[C@@H]2OC(C)CC(N(C)C)C2O)[C@](C)(OC)C[C@@H](C)C(=O)[C@H](C)[C@H]2N(NCCCn3nc4ccccc4n3)C(=O)O[C@]12C. The predicted octanol–water partition coefficient (Wildman–Crippen LogP) is 3.53. The number of hydrazine groups is 1. The number of methoxy groups -OCH3 is 1. The number of esters is 1. The van der Waals surface area contributed by atoms with Crippen molar-refractivity contribution in [1.82, 2.24) is 30.3 Å². The van der Waals surface area contributed by atoms with E-state index < -0.39 is 83.4 Å². The quantitative estimate of drug-likeness (QED) is 0.203. The number of hydrogen-bond acceptors (Lipinski definition) is 14. The lowest BCUT2D eigenvalue weighted by Gasteiger charge is -2.47. The van der Waals surface area contributed by atoms with E-state index in [-0.39, 0.29) is 30.8 Å². The molecular weight excluding hydrogens is 724 g/mol. The number of carbonyl (C=O) groups excluding carboxylic acids is 4. The number of likely N-dealkylation sites (N-methyl/N-ethyl adjacent to an activating group) is 1. The minimum absolute atomic E-state index is 0.108. The van der Waals surface area contributed by atoms with Gasteiger partial charge in [-0.1, -0.05) is 39.8 Å². The fourth-order valence-corrected chi connectivity index (χ4v) is 8.96. The fraction of sp³-hybridized carbons (Fsp3) is 0.750. The van der Waals surface area contributed by atoms with Gasteiger partial charge in [0.1, 0.15) is 41.0 Å². The maximum atomic E-state index is 14.6. The third-order valence-corrected chi connectivity index (χ3v) is 12.2. The van der Waals surface area contributed by atoms with Crippen molar-refractivity contribution in [2.45, 2.75) is 142 Å². The molecule has 2 N–H and O–H groups in total. The van der Waals surface area contributed by atoms with Crippen LogP contribution in [-0.4, -0.2) is 135 Å². The van der Waals surface area contributed by atoms with Gasteiger partial charge in [-0.25, -0.2) is 15.2 Å². The Morgan fingerprint density at radius 1 is 1.00 bits per heavy atom. The molecule has 2 aromatic rings. The molecule has 0 aliphatic carbocycles. The van der Waals surface area contributed by atoms with Crippen molar-refractivity contribution in [1.29, 1.82) is 0 Å². The van der Waals surface area contributed by atoms with Gasteiger partial charge < -0.3 is 33.7 Å². The minimum atomic E-state index is -1.46. The van der Waals surface area contributed by atoms with Gasteiger partial charge in [0.15, 0.2) is 17.7 Å². The Bertz CT molecular complexity index is 1690. The normalized spacial score (nSPS) is 37.7. The number of rotatable bonds is 10. The Hall–Kier alpha value is -3.54. The van der Waals surface area contributed by atoms with Gasteiger partial charge in [0.25, 0.3) is 0 Å². The molecule has 3 fully saturated rings. The highest BCUT2D eigenvalue weighted by Gasteiger charge is 2.61. The van der Waals surface area contributed by atoms with E-state index in [9.17, 15) is 24.3 Å². The lowest BCUT2D eigenvalue weighted by molar-refractivity contribution is -0.295. The van der Waals surface area contributed by atoms with E-state index in [1.807, 2.05) is 50.2 Å². The summed E-state index contributed by atoms with van der Waals surface area (Å²) in [5, 5.41) is 21.8. The van der Waals surface area contributed by atoms with E-state index in [0.717, 1.165) is 11.0 Å². The topological polar surface area (TPSA) is 184 Å². The number of nitrogens with one attached hydrogen (secondary N) is 1. The highest BCUT2D eigenvalue weighted by Crippen LogP contribution is 2.42. The summed E-state index contributed by atoms with van der Waals surface area (Å²) >= 11 is 0. The fourth-order valence-electron chi connectivity index (χ4n) is 8.96. The molecule has 0 saturated carbocycles. The summed E-state index contributed by atoms with van der Waals surface area (Å²) in [6.45, 7) is 14.6. The Kier molecular flexibility index (Phi) is 13.6. The van der Waals surface area contributed by atoms with Gasteiger partial charge >= 0.3 is 12.1 Å². The zero-order chi connectivity index (χ0) is 41.3. The summed E-state index contributed by atoms with van der Waals surface area (Å²) in [6.07, 6.45) is -3.76. The molecule has 3 saturated heterocycles. The number of hydrogen-bond donors (Lipinski definition) is 2. The first-order chi connectivity index (χ1) is 26.4. The average molecular weight is 787 g/mol. The van der Waals surface area contributed by atoms with Crippen molar-refractivity contribution < 1.29 is 48.0 Å². The monoisotopic (exact) mass is 786 g/mol. The van der Waals surface area contributed by atoms with Crippen LogP contribution in [0.4, 0.5) is 4.79 Å². The van der Waals surface area contributed by atoms with Crippen molar-refractivity contribution in [2.75, 3.05) is 27.7 Å². The second-order valence-electron chi connectivity index (χ2n) is 16.6. The number of nitrogens with zero attached hydrogens (tertiary/aromatic N) is 5. The van der Waals surface area contributed by atoms with E-state index >= 15 is 0 Å². The van der Waals surface area contributed by atoms with E-state index in [1.54, 1.807) is 46.3 Å². The number of benzene rings is 1. The molecule has 1 amide bonds. The third kappa shape index (κ3) is 8.65. The first-order valence-electron chi connectivity index (χ1n) is 19.9. The Morgan fingerprint density at radius 2 is 1.64 bits per heavy atom. The van der Waals surface area contributed by atoms with Crippen LogP contribution in [0.2, 0.25) is 0 Å². The van der Waals surface area contributed by atoms with Crippen molar-refractivity contribution in [3.63, 3.8) is 0 Å². The van der Waals surface area contributed by atoms with Crippen LogP contribution in [0.3, 0.4) is 0 Å². The zero-order valence-corrected chi connectivity index (χ0v) is 34.8. The lowest BCUT2D eigenvalue weighted by Crippen LogP contribution is -2.61. The summed E-state index contributed by atoms with van der Waals surface area (Å²) in [5.41, 5.74) is 2.00. The van der Waals surface area contributed by atoms with E-state index in [2.05, 4.69) is 15.6 Å². The number of aromatic nitrogens is 3. The standard InChI is InChI=1S/C40H62N6O10/c1-12-30-40(8)34(46(38(51)56-40)41-18-15-19-45-42-27-16-13-14-17-28(27)43-45)24(4)31(47)22(2)21-39(7,52-11)35(25(5)32(48)26(6)36(50)54-30)55-37-33(49)29(44(9)10)20-23(3)53-37/h13-14,16-17,22-26,29-30,33-35,37,41,49H,12,15,18-21H2,1-11H3/t22-,23?,24+,25+,26-,29?,30-,33?,34-,35-,37+,39-,40-/m1/s1. The van der Waals surface area contributed by atoms with Gasteiger partial charge in [-0.15, -0.1) is 0 Å². The van der Waals surface area contributed by atoms with Gasteiger partial charge in [0.05, 0.1) is 24.4 Å². The van der Waals surface area contributed by atoms with Crippen LogP contribution in [-0.2, 0) is 44.6 Å². The molecule has 3 aliphatic rings. The zero-order valence-electron chi connectivity index (χ0n) is 34.8. The summed E-state index contributed by atoms with van der Waals surface area (Å²) in [6, 6.07) is 6.38. The van der Waals surface area contributed by atoms with Gasteiger partial charge in [-0.05, 0) is 79.6 Å². The molecule has 1 aromatic heterocycles. The molecule has 3 aliphatic heterocycles. The molecule has 1 aromatic carbocycles. The van der Waals surface area contributed by atoms with Gasteiger partial charge in [0, 0.05) is 37.5 Å². The molecular formula is C40H62N6O10. The van der Waals surface area contributed by atoms with Gasteiger partial charge in [0.2, 0.25) is 0 Å². The summed E-state index contributed by atoms with van der Waals surface area (Å²) in [5.74, 6) is -5.15. The molecule has 312 valence electrons. The highest BCUT2D eigenvalue weighted by atomic mass is 16.7. The number of ketones is 2. The Morgan fingerprint density at radius 3 is 2.23 bits per heavy atom. The largest absolute Gasteiger partial charge is 0.458 e. The number of amides is 1. The van der Waals surface area contributed by atoms with Crippen LogP contribution in [0.5, 0.6) is 0 Å². The van der Waals surface area contributed by atoms with Crippen LogP contribution in [0.15, 0.2) is 24.3 Å². The number of ether oxygens (including phenoxy) is 5. The molecule has 16 nitrogen and oxygen atoms in total. The van der Waals surface area contributed by atoms with E-state index in [0.29, 0.717) is 25.9 Å². The van der Waals surface area contributed by atoms with Crippen molar-refractivity contribution >= 4 is 34.7 Å². The van der Waals surface area contributed by atoms with Crippen LogP contribution in [0, 0.1) is 23.7 Å². The molecule has 0 spiro atoms. The summed E-state index contributed by atoms with van der Waals surface area (Å²) in [7, 11) is 5.22. The highest BCUT2D eigenvalue weighted by molar-refractivity contribution is 6.00. The van der Waals surface area contributed by atoms with Crippen molar-refractivity contribution in [3.8, 4) is 0 Å². The lowest BCUT2D eigenvalue weighted by atomic mass is 9.73. The number of carbonyl (C=O) groups is 4. The molecule has 0 bridgehead atoms. The van der Waals surface area contributed by atoms with Crippen LogP contribution >= 0.6 is 0 Å². The van der Waals surface area contributed by atoms with E-state index in [4.69, 9.17) is 23.7 Å². The number of Topliss-reactive ketones (excluding diaryl/α,β-unsaturated/α-hetero) is 2. The van der Waals surface area contributed by atoms with Gasteiger partial charge in [-0.3, -0.25) is 14.4 Å². The predicted molar refractivity (Wildman–Crippen MR) is 205 cm³/mol. The molecule has 3 unspecified atom stereocenters. The summed E-state index contributed by atoms with van der Waals surface area (Å²) in [4.78, 5) is 60.1. The number of cyclic esters (lactones) is 1. The number of aryl methyl sites for hydroxylation is 1. The number of aliphatic hydroxyl groups excluding tert-OH is 1. The minimum Gasteiger partial charge on any atom is -0.458 e. The van der Waals surface area contributed by atoms with E-state index in [1.165, 1.54) is 19.0 Å². The molecule has 16 heteroatoms. The Balaban J connectivity index is 1.46. The molecule has 0 radical (unpaired) electrons. The number of fused-ring (bicyclic) bond motifs is 2. The second-order valence-corrected chi connectivity index (χ2v) is 16.6. The Labute approximate surface area is 329 Å². The number of aliphatic hydroxyl groups is 1. The smallest absolute Gasteiger partial charge is 0.425 e. The first-order valence-corrected chi connectivity index (χ1v) is 19.9. The van der Waals surface area contributed by atoms with Crippen molar-refractivity contribution in [3.05, 3.63) is 24.3 Å². The van der Waals surface area contributed by atoms with Crippen LogP contribution in [0.1, 0.15) is 81.1 Å². The first kappa shape index (κ1) is 43.6. The second kappa shape index (κ2) is 17.5. The maximum Gasteiger partial charge on any atom is 0.425 e. The van der Waals surface area contributed by atoms with Crippen LogP contribution < -0.4 is 5.43 Å². The maximum absolute atomic E-state index is 14.6. The molecule has 56 heavy (non-hydrogen) atoms. The molecule has 13 atom stereocenters. The molecule has 5 rings (SSSR count). The van der Waals surface area contributed by atoms with Crippen LogP contribution in [0.25, 0.3) is 11.0 Å². The van der Waals surface area contributed by atoms with Crippen molar-refractivity contribution in [2.24, 2.45) is 23.7 Å². The average Bonchev–Trinajstić information content (AvgIpc) is 3.70. The molecule has 4 heterocycles.